The van der Waals surface area contributed by atoms with E-state index in [-0.39, 0.29) is 11.7 Å². The second-order valence-corrected chi connectivity index (χ2v) is 4.19. The van der Waals surface area contributed by atoms with Gasteiger partial charge in [-0.05, 0) is 25.5 Å². The fourth-order valence-electron chi connectivity index (χ4n) is 1.54. The Morgan fingerprint density at radius 3 is 2.58 bits per heavy atom. The number of hydrogen-bond acceptors (Lipinski definition) is 2. The Bertz CT molecular complexity index is 465. The quantitative estimate of drug-likeness (QED) is 0.862. The predicted octanol–water partition coefficient (Wildman–Crippen LogP) is 2.54. The molecule has 0 spiro atoms. The van der Waals surface area contributed by atoms with Crippen molar-refractivity contribution in [3.63, 3.8) is 0 Å². The number of urea groups is 1. The van der Waals surface area contributed by atoms with E-state index in [1.54, 1.807) is 13.0 Å². The number of amides is 2. The molecular formula is C13H17FN2O3. The number of nitrogens with one attached hydrogen (secondary N) is 1. The number of halogens is 1. The molecule has 19 heavy (non-hydrogen) atoms. The van der Waals surface area contributed by atoms with Crippen LogP contribution in [0.3, 0.4) is 0 Å². The molecule has 104 valence electrons. The number of para-hydroxylation sites is 1. The van der Waals surface area contributed by atoms with Crippen molar-refractivity contribution in [1.82, 2.24) is 4.90 Å². The van der Waals surface area contributed by atoms with Crippen LogP contribution in [-0.4, -0.2) is 34.6 Å². The lowest BCUT2D eigenvalue weighted by molar-refractivity contribution is -0.138. The van der Waals surface area contributed by atoms with Gasteiger partial charge in [-0.25, -0.2) is 9.18 Å². The van der Waals surface area contributed by atoms with Gasteiger partial charge in [-0.1, -0.05) is 19.1 Å². The number of rotatable bonds is 5. The first-order chi connectivity index (χ1) is 8.95. The molecule has 1 aromatic rings. The molecule has 0 saturated heterocycles. The summed E-state index contributed by atoms with van der Waals surface area (Å²) in [7, 11) is 0. The largest absolute Gasteiger partial charge is 0.480 e. The van der Waals surface area contributed by atoms with Gasteiger partial charge in [0.1, 0.15) is 12.4 Å². The van der Waals surface area contributed by atoms with Crippen LogP contribution in [0.5, 0.6) is 0 Å². The zero-order valence-electron chi connectivity index (χ0n) is 10.9. The van der Waals surface area contributed by atoms with Crippen LogP contribution in [0, 0.1) is 5.82 Å². The molecule has 0 aromatic heterocycles. The van der Waals surface area contributed by atoms with Gasteiger partial charge in [-0.3, -0.25) is 4.79 Å². The minimum atomic E-state index is -1.11. The summed E-state index contributed by atoms with van der Waals surface area (Å²) in [4.78, 5) is 23.9. The lowest BCUT2D eigenvalue weighted by Gasteiger charge is -2.27. The number of aliphatic carboxylic acids is 1. The molecule has 0 fully saturated rings. The first-order valence-corrected chi connectivity index (χ1v) is 5.99. The van der Waals surface area contributed by atoms with Crippen LogP contribution in [0.25, 0.3) is 0 Å². The summed E-state index contributed by atoms with van der Waals surface area (Å²) in [6.45, 7) is 3.16. The van der Waals surface area contributed by atoms with E-state index in [4.69, 9.17) is 5.11 Å². The first-order valence-electron chi connectivity index (χ1n) is 5.99. The van der Waals surface area contributed by atoms with Crippen LogP contribution in [0.2, 0.25) is 0 Å². The maximum atomic E-state index is 13.4. The van der Waals surface area contributed by atoms with E-state index < -0.39 is 24.4 Å². The molecule has 5 nitrogen and oxygen atoms in total. The molecular weight excluding hydrogens is 251 g/mol. The van der Waals surface area contributed by atoms with Gasteiger partial charge in [0.25, 0.3) is 0 Å². The van der Waals surface area contributed by atoms with Crippen molar-refractivity contribution in [2.45, 2.75) is 26.3 Å². The number of benzene rings is 1. The lowest BCUT2D eigenvalue weighted by Crippen LogP contribution is -2.44. The molecule has 1 rings (SSSR count). The molecule has 0 bridgehead atoms. The van der Waals surface area contributed by atoms with Crippen LogP contribution in [0.4, 0.5) is 14.9 Å². The number of carboxylic acids is 1. The van der Waals surface area contributed by atoms with Gasteiger partial charge in [0.15, 0.2) is 0 Å². The number of carbonyl (C=O) groups is 2. The maximum absolute atomic E-state index is 13.4. The zero-order chi connectivity index (χ0) is 14.4. The molecule has 0 aliphatic rings. The lowest BCUT2D eigenvalue weighted by atomic mass is 10.2. The molecule has 0 radical (unpaired) electrons. The van der Waals surface area contributed by atoms with E-state index in [0.29, 0.717) is 6.42 Å². The summed E-state index contributed by atoms with van der Waals surface area (Å²) in [5.41, 5.74) is 0.0335. The van der Waals surface area contributed by atoms with Gasteiger partial charge in [-0.2, -0.15) is 0 Å². The van der Waals surface area contributed by atoms with E-state index in [0.717, 1.165) is 4.90 Å². The molecule has 2 N–H and O–H groups in total. The van der Waals surface area contributed by atoms with E-state index in [1.165, 1.54) is 18.2 Å². The average molecular weight is 268 g/mol. The van der Waals surface area contributed by atoms with Gasteiger partial charge in [0.05, 0.1) is 5.69 Å². The van der Waals surface area contributed by atoms with Crippen molar-refractivity contribution in [2.75, 3.05) is 11.9 Å². The Hall–Kier alpha value is -2.11. The van der Waals surface area contributed by atoms with Crippen molar-refractivity contribution >= 4 is 17.7 Å². The third-order valence-electron chi connectivity index (χ3n) is 2.80. The fraction of sp³-hybridized carbons (Fsp3) is 0.385. The SMILES string of the molecule is CCC(C)N(CC(=O)O)C(=O)Nc1ccccc1F. The Balaban J connectivity index is 2.82. The third-order valence-corrected chi connectivity index (χ3v) is 2.80. The summed E-state index contributed by atoms with van der Waals surface area (Å²) < 4.78 is 13.4. The highest BCUT2D eigenvalue weighted by molar-refractivity contribution is 5.91. The second-order valence-electron chi connectivity index (χ2n) is 4.19. The molecule has 0 heterocycles. The summed E-state index contributed by atoms with van der Waals surface area (Å²) in [5.74, 6) is -1.67. The summed E-state index contributed by atoms with van der Waals surface area (Å²) >= 11 is 0. The van der Waals surface area contributed by atoms with E-state index in [1.807, 2.05) is 6.92 Å². The van der Waals surface area contributed by atoms with Crippen molar-refractivity contribution < 1.29 is 19.1 Å². The molecule has 0 saturated carbocycles. The molecule has 6 heteroatoms. The Labute approximate surface area is 111 Å². The molecule has 1 atom stereocenters. The number of hydrogen-bond donors (Lipinski definition) is 2. The minimum absolute atomic E-state index is 0.0335. The number of carbonyl (C=O) groups excluding carboxylic acids is 1. The normalized spacial score (nSPS) is 11.7. The average Bonchev–Trinajstić information content (AvgIpc) is 2.37. The highest BCUT2D eigenvalue weighted by atomic mass is 19.1. The van der Waals surface area contributed by atoms with Crippen molar-refractivity contribution in [3.8, 4) is 0 Å². The highest BCUT2D eigenvalue weighted by Gasteiger charge is 2.22. The van der Waals surface area contributed by atoms with Crippen LogP contribution < -0.4 is 5.32 Å². The monoisotopic (exact) mass is 268 g/mol. The number of carboxylic acid groups (broad SMARTS) is 1. The zero-order valence-corrected chi connectivity index (χ0v) is 10.9. The maximum Gasteiger partial charge on any atom is 0.323 e. The first kappa shape index (κ1) is 14.9. The predicted molar refractivity (Wildman–Crippen MR) is 69.5 cm³/mol. The molecule has 1 unspecified atom stereocenters. The van der Waals surface area contributed by atoms with Gasteiger partial charge < -0.3 is 15.3 Å². The summed E-state index contributed by atoms with van der Waals surface area (Å²) in [6, 6.07) is 4.87. The third kappa shape index (κ3) is 4.24. The number of nitrogens with zero attached hydrogens (tertiary/aromatic N) is 1. The van der Waals surface area contributed by atoms with E-state index in [9.17, 15) is 14.0 Å². The van der Waals surface area contributed by atoms with Gasteiger partial charge >= 0.3 is 12.0 Å². The van der Waals surface area contributed by atoms with Crippen molar-refractivity contribution in [1.29, 1.82) is 0 Å². The Kier molecular flexibility index (Phi) is 5.29. The van der Waals surface area contributed by atoms with Crippen LogP contribution in [-0.2, 0) is 4.79 Å². The standard InChI is InChI=1S/C13H17FN2O3/c1-3-9(2)16(8-12(17)18)13(19)15-11-7-5-4-6-10(11)14/h4-7,9H,3,8H2,1-2H3,(H,15,19)(H,17,18). The molecule has 1 aromatic carbocycles. The fourth-order valence-corrected chi connectivity index (χ4v) is 1.54. The molecule has 0 aliphatic carbocycles. The van der Waals surface area contributed by atoms with Gasteiger partial charge in [0, 0.05) is 6.04 Å². The second kappa shape index (κ2) is 6.72. The van der Waals surface area contributed by atoms with Gasteiger partial charge in [0.2, 0.25) is 0 Å². The van der Waals surface area contributed by atoms with Crippen molar-refractivity contribution in [3.05, 3.63) is 30.1 Å². The molecule has 0 aliphatic heterocycles. The van der Waals surface area contributed by atoms with E-state index in [2.05, 4.69) is 5.32 Å². The van der Waals surface area contributed by atoms with Crippen LogP contribution >= 0.6 is 0 Å². The highest BCUT2D eigenvalue weighted by Crippen LogP contribution is 2.14. The smallest absolute Gasteiger partial charge is 0.323 e. The topological polar surface area (TPSA) is 69.6 Å². The van der Waals surface area contributed by atoms with Crippen LogP contribution in [0.15, 0.2) is 24.3 Å². The van der Waals surface area contributed by atoms with E-state index >= 15 is 0 Å². The number of anilines is 1. The molecule has 2 amide bonds. The summed E-state index contributed by atoms with van der Waals surface area (Å²) in [5, 5.41) is 11.2. The van der Waals surface area contributed by atoms with Gasteiger partial charge in [-0.15, -0.1) is 0 Å². The minimum Gasteiger partial charge on any atom is -0.480 e. The Morgan fingerprint density at radius 1 is 1.42 bits per heavy atom. The van der Waals surface area contributed by atoms with Crippen molar-refractivity contribution in [2.24, 2.45) is 0 Å². The Morgan fingerprint density at radius 2 is 2.05 bits per heavy atom. The summed E-state index contributed by atoms with van der Waals surface area (Å²) in [6.07, 6.45) is 0.609. The van der Waals surface area contributed by atoms with Crippen LogP contribution in [0.1, 0.15) is 20.3 Å².